The lowest BCUT2D eigenvalue weighted by molar-refractivity contribution is 0.0780. The predicted molar refractivity (Wildman–Crippen MR) is 229 cm³/mol. The van der Waals surface area contributed by atoms with Crippen molar-refractivity contribution in [3.05, 3.63) is 137 Å². The maximum Gasteiger partial charge on any atom is 0.164 e. The summed E-state index contributed by atoms with van der Waals surface area (Å²) in [5.41, 5.74) is 13.8. The Balaban J connectivity index is 1.07. The van der Waals surface area contributed by atoms with Crippen molar-refractivity contribution >= 4 is 0 Å². The summed E-state index contributed by atoms with van der Waals surface area (Å²) in [4.78, 5) is 15.4. The Morgan fingerprint density at radius 2 is 1.09 bits per heavy atom. The maximum atomic E-state index is 9.57. The van der Waals surface area contributed by atoms with Gasteiger partial charge in [-0.3, -0.25) is 0 Å². The highest BCUT2D eigenvalue weighted by molar-refractivity contribution is 5.85. The highest BCUT2D eigenvalue weighted by atomic mass is 15.0. The third kappa shape index (κ3) is 6.36. The van der Waals surface area contributed by atoms with Gasteiger partial charge in [-0.05, 0) is 123 Å². The molecule has 2 saturated carbocycles. The van der Waals surface area contributed by atoms with E-state index in [1.54, 1.807) is 0 Å². The highest BCUT2D eigenvalue weighted by Crippen LogP contribution is 2.54. The van der Waals surface area contributed by atoms with Crippen molar-refractivity contribution in [2.75, 3.05) is 0 Å². The second-order valence-corrected chi connectivity index (χ2v) is 19.0. The number of benzene rings is 5. The van der Waals surface area contributed by atoms with Crippen molar-refractivity contribution in [1.82, 2.24) is 15.0 Å². The van der Waals surface area contributed by atoms with Crippen LogP contribution in [-0.2, 0) is 16.2 Å². The maximum absolute atomic E-state index is 9.57. The van der Waals surface area contributed by atoms with Gasteiger partial charge < -0.3 is 0 Å². The molecule has 56 heavy (non-hydrogen) atoms. The van der Waals surface area contributed by atoms with Crippen molar-refractivity contribution in [1.29, 1.82) is 5.26 Å². The van der Waals surface area contributed by atoms with E-state index in [1.165, 1.54) is 65.5 Å². The van der Waals surface area contributed by atoms with Crippen LogP contribution in [-0.4, -0.2) is 15.0 Å². The minimum absolute atomic E-state index is 0.0581. The van der Waals surface area contributed by atoms with Gasteiger partial charge in [0.15, 0.2) is 17.5 Å². The molecule has 4 heteroatoms. The molecule has 5 aromatic carbocycles. The van der Waals surface area contributed by atoms with Gasteiger partial charge >= 0.3 is 0 Å². The number of hydrogen-bond donors (Lipinski definition) is 0. The molecule has 3 aliphatic carbocycles. The van der Waals surface area contributed by atoms with Gasteiger partial charge in [-0.25, -0.2) is 15.0 Å². The molecule has 0 radical (unpaired) electrons. The topological polar surface area (TPSA) is 62.5 Å². The normalized spacial score (nSPS) is 22.2. The average Bonchev–Trinajstić information content (AvgIpc) is 3.41. The molecule has 0 spiro atoms. The van der Waals surface area contributed by atoms with E-state index in [9.17, 15) is 5.26 Å². The van der Waals surface area contributed by atoms with E-state index < -0.39 is 0 Å². The summed E-state index contributed by atoms with van der Waals surface area (Å²) in [6.45, 7) is 16.1. The summed E-state index contributed by atoms with van der Waals surface area (Å²) >= 11 is 0. The van der Waals surface area contributed by atoms with Crippen LogP contribution in [0.4, 0.5) is 0 Å². The van der Waals surface area contributed by atoms with Crippen LogP contribution >= 0.6 is 0 Å². The monoisotopic (exact) mass is 732 g/mol. The minimum Gasteiger partial charge on any atom is -0.208 e. The largest absolute Gasteiger partial charge is 0.208 e. The molecule has 280 valence electrons. The van der Waals surface area contributed by atoms with Crippen LogP contribution in [0.5, 0.6) is 0 Å². The lowest BCUT2D eigenvalue weighted by atomic mass is 9.54. The fraction of sp³-hybridized carbons (Fsp3) is 0.346. The van der Waals surface area contributed by atoms with Gasteiger partial charge in [-0.1, -0.05) is 139 Å². The van der Waals surface area contributed by atoms with Gasteiger partial charge in [0, 0.05) is 22.1 Å². The van der Waals surface area contributed by atoms with Crippen molar-refractivity contribution in [2.24, 2.45) is 17.8 Å². The molecule has 0 saturated heterocycles. The molecule has 0 N–H and O–H groups in total. The number of fused-ring (bicyclic) bond motifs is 5. The number of rotatable bonds is 5. The Kier molecular flexibility index (Phi) is 8.66. The van der Waals surface area contributed by atoms with Crippen molar-refractivity contribution in [2.45, 2.75) is 96.8 Å². The van der Waals surface area contributed by atoms with Gasteiger partial charge in [0.25, 0.3) is 0 Å². The molecule has 0 amide bonds. The van der Waals surface area contributed by atoms with Crippen LogP contribution in [0.3, 0.4) is 0 Å². The first-order chi connectivity index (χ1) is 26.8. The molecule has 0 aliphatic heterocycles. The third-order valence-corrected chi connectivity index (χ3v) is 13.3. The van der Waals surface area contributed by atoms with E-state index in [4.69, 9.17) is 15.0 Å². The number of hydrogen-bond acceptors (Lipinski definition) is 4. The Hall–Kier alpha value is -5.40. The first-order valence-electron chi connectivity index (χ1n) is 20.6. The van der Waals surface area contributed by atoms with E-state index >= 15 is 0 Å². The summed E-state index contributed by atoms with van der Waals surface area (Å²) in [6.07, 6.45) is 6.65. The van der Waals surface area contributed by atoms with Crippen LogP contribution in [0.2, 0.25) is 0 Å². The first-order valence-corrected chi connectivity index (χ1v) is 20.6. The van der Waals surface area contributed by atoms with Gasteiger partial charge in [-0.2, -0.15) is 5.26 Å². The number of nitriles is 1. The second kappa shape index (κ2) is 13.4. The zero-order valence-corrected chi connectivity index (χ0v) is 33.9. The van der Waals surface area contributed by atoms with E-state index in [2.05, 4.69) is 158 Å². The van der Waals surface area contributed by atoms with E-state index in [1.807, 2.05) is 6.07 Å². The molecule has 1 heterocycles. The Morgan fingerprint density at radius 3 is 1.64 bits per heavy atom. The van der Waals surface area contributed by atoms with Crippen LogP contribution in [0.1, 0.15) is 108 Å². The standard InChI is InChI=1S/C52H52N4/c1-32-24-35-25-33(2)29-52(28-32,30-35)42-20-15-39(16-21-42)49-55-47(54-48(56-49)38-13-18-41(19-14-38)50(3,4)5)37-11-9-36(10-12-37)40-17-23-45-44(27-40)43-22-8-34(31-53)26-46(43)51(45,6)7/h8-23,26-27,32-33,35H,24-25,28-30H2,1-7H3/t32-,33+,35?,52?. The minimum atomic E-state index is -0.160. The first kappa shape index (κ1) is 36.3. The molecule has 1 aromatic heterocycles. The van der Waals surface area contributed by atoms with Crippen LogP contribution in [0.15, 0.2) is 109 Å². The molecular formula is C52H52N4. The van der Waals surface area contributed by atoms with Crippen LogP contribution in [0, 0.1) is 29.1 Å². The Labute approximate surface area is 333 Å². The SMILES string of the molecule is C[C@@H]1CC2C[C@H](C)CC(c3ccc(-c4nc(-c5ccc(-c6ccc7c(c6)-c6ccc(C#N)cc6C7(C)C)cc5)nc(-c5ccc(C(C)(C)C)cc5)n4)cc3)(C2)C1. The Bertz CT molecular complexity index is 2470. The molecule has 6 aromatic rings. The Morgan fingerprint density at radius 1 is 0.571 bits per heavy atom. The highest BCUT2D eigenvalue weighted by Gasteiger charge is 2.45. The number of aromatic nitrogens is 3. The van der Waals surface area contributed by atoms with Gasteiger partial charge in [0.1, 0.15) is 0 Å². The van der Waals surface area contributed by atoms with Crippen LogP contribution < -0.4 is 0 Å². The lowest BCUT2D eigenvalue weighted by Gasteiger charge is -2.50. The van der Waals surface area contributed by atoms with E-state index in [-0.39, 0.29) is 16.2 Å². The summed E-state index contributed by atoms with van der Waals surface area (Å²) in [5.74, 6) is 4.44. The fourth-order valence-corrected chi connectivity index (χ4v) is 10.7. The van der Waals surface area contributed by atoms with Crippen molar-refractivity contribution < 1.29 is 0 Å². The number of nitrogens with zero attached hydrogens (tertiary/aromatic N) is 4. The molecule has 4 nitrogen and oxygen atoms in total. The van der Waals surface area contributed by atoms with Gasteiger partial charge in [0.2, 0.25) is 0 Å². The quantitative estimate of drug-likeness (QED) is 0.177. The van der Waals surface area contributed by atoms with Crippen LogP contribution in [0.25, 0.3) is 56.4 Å². The molecular weight excluding hydrogens is 681 g/mol. The summed E-state index contributed by atoms with van der Waals surface area (Å²) < 4.78 is 0. The molecule has 4 atom stereocenters. The van der Waals surface area contributed by atoms with Gasteiger partial charge in [-0.15, -0.1) is 0 Å². The zero-order valence-electron chi connectivity index (χ0n) is 33.9. The summed E-state index contributed by atoms with van der Waals surface area (Å²) in [5, 5.41) is 9.57. The lowest BCUT2D eigenvalue weighted by Crippen LogP contribution is -2.42. The molecule has 2 fully saturated rings. The average molecular weight is 733 g/mol. The molecule has 2 bridgehead atoms. The van der Waals surface area contributed by atoms with E-state index in [0.717, 1.165) is 45.6 Å². The molecule has 2 unspecified atom stereocenters. The van der Waals surface area contributed by atoms with Gasteiger partial charge in [0.05, 0.1) is 11.6 Å². The second-order valence-electron chi connectivity index (χ2n) is 19.0. The van der Waals surface area contributed by atoms with Crippen molar-refractivity contribution in [3.8, 4) is 62.5 Å². The summed E-state index contributed by atoms with van der Waals surface area (Å²) in [6, 6.07) is 41.7. The molecule has 3 aliphatic rings. The summed E-state index contributed by atoms with van der Waals surface area (Å²) in [7, 11) is 0. The third-order valence-electron chi connectivity index (χ3n) is 13.3. The molecule has 9 rings (SSSR count). The van der Waals surface area contributed by atoms with E-state index in [0.29, 0.717) is 23.0 Å². The predicted octanol–water partition coefficient (Wildman–Crippen LogP) is 13.1. The fourth-order valence-electron chi connectivity index (χ4n) is 10.7. The zero-order chi connectivity index (χ0) is 39.0. The van der Waals surface area contributed by atoms with Crippen molar-refractivity contribution in [3.63, 3.8) is 0 Å². The smallest absolute Gasteiger partial charge is 0.164 e.